The molecule has 0 aliphatic carbocycles. The van der Waals surface area contributed by atoms with Gasteiger partial charge in [0.2, 0.25) is 7.28 Å². The number of halogens is 14. The van der Waals surface area contributed by atoms with Gasteiger partial charge >= 0.3 is 0 Å². The minimum atomic E-state index is -2.71. The fraction of sp³-hybridized carbons (Fsp3) is 0. The average molecular weight is 517 g/mol. The van der Waals surface area contributed by atoms with E-state index in [-0.39, 0.29) is 0 Å². The SMILES string of the molecule is Fc1c(F)c(F)c([B]c2c(F)c(F)c(F)c3c(F)c4c(F)c(F)c(F)c(F)c4c(F)c23)c(F)c1F. The molecule has 4 aromatic rings. The lowest BCUT2D eigenvalue weighted by Crippen LogP contribution is -2.38. The molecular weight excluding hydrogens is 517 g/mol. The zero-order valence-corrected chi connectivity index (χ0v) is 15.9. The number of hydrogen-bond acceptors (Lipinski definition) is 0. The quantitative estimate of drug-likeness (QED) is 0.107. The Kier molecular flexibility index (Phi) is 5.64. The molecule has 0 aromatic heterocycles. The molecule has 0 saturated carbocycles. The summed E-state index contributed by atoms with van der Waals surface area (Å²) in [6.45, 7) is 0. The summed E-state index contributed by atoms with van der Waals surface area (Å²) in [7, 11) is -0.459. The van der Waals surface area contributed by atoms with Gasteiger partial charge in [-0.1, -0.05) is 0 Å². The smallest absolute Gasteiger partial charge is 0.204 e. The van der Waals surface area contributed by atoms with E-state index in [0.717, 1.165) is 0 Å². The first-order valence-electron chi connectivity index (χ1n) is 8.72. The Balaban J connectivity index is 2.25. The highest BCUT2D eigenvalue weighted by Gasteiger charge is 2.34. The van der Waals surface area contributed by atoms with Gasteiger partial charge in [0.15, 0.2) is 69.8 Å². The van der Waals surface area contributed by atoms with Crippen molar-refractivity contribution in [3.8, 4) is 0 Å². The molecule has 0 unspecified atom stereocenters. The topological polar surface area (TPSA) is 0 Å². The van der Waals surface area contributed by atoms with Crippen molar-refractivity contribution < 1.29 is 61.5 Å². The van der Waals surface area contributed by atoms with Crippen molar-refractivity contribution in [2.45, 2.75) is 0 Å². The zero-order valence-electron chi connectivity index (χ0n) is 15.9. The Morgan fingerprint density at radius 2 is 0.486 bits per heavy atom. The second-order valence-electron chi connectivity index (χ2n) is 6.87. The first-order valence-corrected chi connectivity index (χ1v) is 8.72. The average Bonchev–Trinajstić information content (AvgIpc) is 2.83. The summed E-state index contributed by atoms with van der Waals surface area (Å²) in [4.78, 5) is 0. The van der Waals surface area contributed by atoms with Gasteiger partial charge in [0, 0.05) is 5.39 Å². The van der Waals surface area contributed by atoms with Crippen LogP contribution in [0.2, 0.25) is 0 Å². The largest absolute Gasteiger partial charge is 0.206 e. The van der Waals surface area contributed by atoms with Crippen LogP contribution in [0.3, 0.4) is 0 Å². The molecule has 15 heteroatoms. The molecule has 0 saturated heterocycles. The Bertz CT molecular complexity index is 1580. The third kappa shape index (κ3) is 3.16. The van der Waals surface area contributed by atoms with Crippen LogP contribution in [0.1, 0.15) is 0 Å². The van der Waals surface area contributed by atoms with E-state index in [9.17, 15) is 57.1 Å². The van der Waals surface area contributed by atoms with Crippen LogP contribution in [0.25, 0.3) is 21.5 Å². The van der Waals surface area contributed by atoms with Crippen LogP contribution in [-0.4, -0.2) is 7.28 Å². The van der Waals surface area contributed by atoms with E-state index >= 15 is 4.39 Å². The van der Waals surface area contributed by atoms with Crippen LogP contribution >= 0.6 is 0 Å². The summed E-state index contributed by atoms with van der Waals surface area (Å²) in [6.07, 6.45) is 0. The molecule has 0 nitrogen and oxygen atoms in total. The lowest BCUT2D eigenvalue weighted by Gasteiger charge is -2.16. The van der Waals surface area contributed by atoms with Crippen molar-refractivity contribution in [1.82, 2.24) is 0 Å². The summed E-state index contributed by atoms with van der Waals surface area (Å²) in [5, 5.41) is -8.21. The molecule has 0 atom stereocenters. The molecule has 0 fully saturated rings. The van der Waals surface area contributed by atoms with Crippen LogP contribution in [-0.2, 0) is 0 Å². The summed E-state index contributed by atoms with van der Waals surface area (Å²) in [5.74, 6) is -36.8. The van der Waals surface area contributed by atoms with Crippen molar-refractivity contribution in [3.05, 3.63) is 81.4 Å². The lowest BCUT2D eigenvalue weighted by atomic mass is 9.61. The highest BCUT2D eigenvalue weighted by molar-refractivity contribution is 6.70. The highest BCUT2D eigenvalue weighted by atomic mass is 19.2. The van der Waals surface area contributed by atoms with Crippen molar-refractivity contribution in [2.24, 2.45) is 0 Å². The molecule has 0 aliphatic heterocycles. The van der Waals surface area contributed by atoms with E-state index < -0.39 is 121 Å². The number of hydrogen-bond donors (Lipinski definition) is 0. The van der Waals surface area contributed by atoms with Gasteiger partial charge in [-0.3, -0.25) is 0 Å². The number of benzene rings is 4. The van der Waals surface area contributed by atoms with E-state index in [2.05, 4.69) is 0 Å². The van der Waals surface area contributed by atoms with E-state index in [1.165, 1.54) is 0 Å². The predicted octanol–water partition coefficient (Wildman–Crippen LogP) is 5.60. The molecule has 0 amide bonds. The molecule has 0 bridgehead atoms. The van der Waals surface area contributed by atoms with Gasteiger partial charge in [-0.25, -0.2) is 61.5 Å². The van der Waals surface area contributed by atoms with Crippen LogP contribution < -0.4 is 10.9 Å². The molecule has 0 spiro atoms. The van der Waals surface area contributed by atoms with E-state index in [1.807, 2.05) is 0 Å². The molecule has 4 rings (SSSR count). The normalized spacial score (nSPS) is 11.7. The van der Waals surface area contributed by atoms with Crippen LogP contribution in [0, 0.1) is 81.4 Å². The van der Waals surface area contributed by atoms with Gasteiger partial charge < -0.3 is 0 Å². The van der Waals surface area contributed by atoms with Crippen molar-refractivity contribution >= 4 is 39.8 Å². The van der Waals surface area contributed by atoms with E-state index in [0.29, 0.717) is 0 Å². The maximum Gasteiger partial charge on any atom is 0.204 e. The summed E-state index contributed by atoms with van der Waals surface area (Å²) >= 11 is 0. The van der Waals surface area contributed by atoms with Crippen LogP contribution in [0.4, 0.5) is 61.5 Å². The maximum absolute atomic E-state index is 15.1. The van der Waals surface area contributed by atoms with Crippen LogP contribution in [0.15, 0.2) is 0 Å². The van der Waals surface area contributed by atoms with E-state index in [4.69, 9.17) is 0 Å². The van der Waals surface area contributed by atoms with Gasteiger partial charge in [-0.15, -0.1) is 0 Å². The number of fused-ring (bicyclic) bond motifs is 2. The molecule has 35 heavy (non-hydrogen) atoms. The Hall–Kier alpha value is -3.52. The summed E-state index contributed by atoms with van der Waals surface area (Å²) in [6, 6.07) is 0. The summed E-state index contributed by atoms with van der Waals surface area (Å²) < 4.78 is 197. The molecule has 0 aliphatic rings. The molecular formula is C20BF14. The fourth-order valence-electron chi connectivity index (χ4n) is 3.43. The lowest BCUT2D eigenvalue weighted by molar-refractivity contribution is 0.384. The van der Waals surface area contributed by atoms with E-state index in [1.54, 1.807) is 0 Å². The van der Waals surface area contributed by atoms with Gasteiger partial charge in [0.1, 0.15) is 11.6 Å². The maximum atomic E-state index is 15.1. The first kappa shape index (κ1) is 24.6. The van der Waals surface area contributed by atoms with Gasteiger partial charge in [-0.2, -0.15) is 0 Å². The molecule has 4 aromatic carbocycles. The molecule has 181 valence electrons. The van der Waals surface area contributed by atoms with Crippen LogP contribution in [0.5, 0.6) is 0 Å². The summed E-state index contributed by atoms with van der Waals surface area (Å²) in [5.41, 5.74) is -3.99. The van der Waals surface area contributed by atoms with Crippen molar-refractivity contribution in [2.75, 3.05) is 0 Å². The monoisotopic (exact) mass is 517 g/mol. The second-order valence-corrected chi connectivity index (χ2v) is 6.87. The zero-order chi connectivity index (χ0) is 26.3. The second kappa shape index (κ2) is 8.02. The van der Waals surface area contributed by atoms with Crippen molar-refractivity contribution in [3.63, 3.8) is 0 Å². The first-order chi connectivity index (χ1) is 16.2. The standard InChI is InChI=1S/C20BF14/c22-7-1-2(8(23)4-3(7)10(25)16(31)17(32)11(4)26)9(24)15(30)12(27)5(1)21-6-13(28)18(33)20(35)19(34)14(6)29. The Morgan fingerprint density at radius 1 is 0.229 bits per heavy atom. The van der Waals surface area contributed by atoms with Gasteiger partial charge in [0.25, 0.3) is 0 Å². The fourth-order valence-corrected chi connectivity index (χ4v) is 3.43. The predicted molar refractivity (Wildman–Crippen MR) is 92.3 cm³/mol. The van der Waals surface area contributed by atoms with Gasteiger partial charge in [0.05, 0.1) is 16.2 Å². The highest BCUT2D eigenvalue weighted by Crippen LogP contribution is 2.37. The molecule has 0 heterocycles. The molecule has 1 radical (unpaired) electrons. The number of rotatable bonds is 2. The van der Waals surface area contributed by atoms with Gasteiger partial charge in [-0.05, 0) is 10.9 Å². The van der Waals surface area contributed by atoms with Crippen molar-refractivity contribution in [1.29, 1.82) is 0 Å². The third-order valence-corrected chi connectivity index (χ3v) is 5.04. The minimum Gasteiger partial charge on any atom is -0.206 e. The Morgan fingerprint density at radius 3 is 0.914 bits per heavy atom. The third-order valence-electron chi connectivity index (χ3n) is 5.04. The minimum absolute atomic E-state index is 0.459. The molecule has 0 N–H and O–H groups in total. The Labute approximate surface area is 183 Å².